The Bertz CT molecular complexity index is 511. The molecule has 136 valence electrons. The molecule has 6 heteroatoms. The van der Waals surface area contributed by atoms with Crippen molar-refractivity contribution in [1.29, 1.82) is 0 Å². The molecule has 0 saturated carbocycles. The van der Waals surface area contributed by atoms with Gasteiger partial charge in [0, 0.05) is 44.5 Å². The Morgan fingerprint density at radius 1 is 1.21 bits per heavy atom. The highest BCUT2D eigenvalue weighted by Crippen LogP contribution is 2.22. The molecule has 2 atom stereocenters. The van der Waals surface area contributed by atoms with Crippen LogP contribution in [0.15, 0.2) is 6.07 Å². The van der Waals surface area contributed by atoms with Crippen LogP contribution in [-0.4, -0.2) is 74.6 Å². The van der Waals surface area contributed by atoms with Crippen molar-refractivity contribution in [2.75, 3.05) is 26.2 Å². The van der Waals surface area contributed by atoms with Gasteiger partial charge in [-0.05, 0) is 37.7 Å². The van der Waals surface area contributed by atoms with Crippen molar-refractivity contribution in [3.8, 4) is 0 Å². The van der Waals surface area contributed by atoms with Crippen molar-refractivity contribution in [2.24, 2.45) is 5.92 Å². The van der Waals surface area contributed by atoms with E-state index >= 15 is 0 Å². The third-order valence-electron chi connectivity index (χ3n) is 5.29. The minimum absolute atomic E-state index is 0.154. The van der Waals surface area contributed by atoms with Crippen LogP contribution in [0.4, 0.5) is 0 Å². The quantitative estimate of drug-likeness (QED) is 0.748. The lowest BCUT2D eigenvalue weighted by atomic mass is 9.96. The number of likely N-dealkylation sites (tertiary alicyclic amines) is 2. The zero-order valence-electron chi connectivity index (χ0n) is 15.0. The number of rotatable bonds is 5. The highest BCUT2D eigenvalue weighted by molar-refractivity contribution is 5.09. The van der Waals surface area contributed by atoms with Crippen LogP contribution in [0.1, 0.15) is 44.5 Å². The first-order chi connectivity index (χ1) is 11.5. The van der Waals surface area contributed by atoms with Crippen molar-refractivity contribution in [1.82, 2.24) is 20.0 Å². The molecule has 1 aromatic heterocycles. The minimum atomic E-state index is -0.313. The van der Waals surface area contributed by atoms with Crippen molar-refractivity contribution in [2.45, 2.75) is 64.3 Å². The number of aliphatic hydroxyl groups is 2. The van der Waals surface area contributed by atoms with E-state index < -0.39 is 0 Å². The van der Waals surface area contributed by atoms with Gasteiger partial charge in [-0.3, -0.25) is 14.9 Å². The SMILES string of the molecule is CC(C)Cc1cc(CN2CC[C@@H](N3CCC(O)CC3)[C@H](O)C2)[nH]n1. The molecule has 1 aromatic rings. The van der Waals surface area contributed by atoms with Gasteiger partial charge in [0.15, 0.2) is 0 Å². The smallest absolute Gasteiger partial charge is 0.0822 e. The average molecular weight is 336 g/mol. The molecule has 3 heterocycles. The minimum Gasteiger partial charge on any atom is -0.393 e. The predicted molar refractivity (Wildman–Crippen MR) is 93.6 cm³/mol. The van der Waals surface area contributed by atoms with E-state index in [4.69, 9.17) is 0 Å². The molecule has 3 N–H and O–H groups in total. The molecular weight excluding hydrogens is 304 g/mol. The van der Waals surface area contributed by atoms with E-state index in [1.165, 1.54) is 0 Å². The fourth-order valence-corrected chi connectivity index (χ4v) is 4.03. The second-order valence-corrected chi connectivity index (χ2v) is 7.91. The molecule has 0 radical (unpaired) electrons. The fourth-order valence-electron chi connectivity index (χ4n) is 4.03. The number of β-amino-alcohol motifs (C(OH)–C–C–N with tert-alkyl or cyclic N) is 1. The van der Waals surface area contributed by atoms with Gasteiger partial charge in [-0.1, -0.05) is 13.8 Å². The third-order valence-corrected chi connectivity index (χ3v) is 5.29. The van der Waals surface area contributed by atoms with E-state index in [2.05, 4.69) is 39.9 Å². The number of aromatic amines is 1. The predicted octanol–water partition coefficient (Wildman–Crippen LogP) is 1.00. The maximum absolute atomic E-state index is 10.6. The summed E-state index contributed by atoms with van der Waals surface area (Å²) in [5, 5.41) is 27.8. The van der Waals surface area contributed by atoms with Crippen LogP contribution in [-0.2, 0) is 13.0 Å². The van der Waals surface area contributed by atoms with Gasteiger partial charge in [-0.25, -0.2) is 0 Å². The maximum atomic E-state index is 10.6. The monoisotopic (exact) mass is 336 g/mol. The number of piperidine rings is 2. The molecule has 2 fully saturated rings. The molecule has 2 aliphatic rings. The van der Waals surface area contributed by atoms with E-state index in [1.807, 2.05) is 0 Å². The van der Waals surface area contributed by atoms with E-state index in [0.717, 1.165) is 63.3 Å². The van der Waals surface area contributed by atoms with Crippen molar-refractivity contribution in [3.05, 3.63) is 17.5 Å². The number of hydrogen-bond donors (Lipinski definition) is 3. The van der Waals surface area contributed by atoms with Gasteiger partial charge in [0.1, 0.15) is 0 Å². The summed E-state index contributed by atoms with van der Waals surface area (Å²) < 4.78 is 0. The average Bonchev–Trinajstić information content (AvgIpc) is 2.95. The largest absolute Gasteiger partial charge is 0.393 e. The summed E-state index contributed by atoms with van der Waals surface area (Å²) >= 11 is 0. The summed E-state index contributed by atoms with van der Waals surface area (Å²) in [7, 11) is 0. The molecule has 0 unspecified atom stereocenters. The molecule has 2 aliphatic heterocycles. The van der Waals surface area contributed by atoms with Crippen LogP contribution in [0.2, 0.25) is 0 Å². The highest BCUT2D eigenvalue weighted by atomic mass is 16.3. The number of aromatic nitrogens is 2. The van der Waals surface area contributed by atoms with Gasteiger partial charge in [-0.2, -0.15) is 5.10 Å². The maximum Gasteiger partial charge on any atom is 0.0822 e. The van der Waals surface area contributed by atoms with Crippen LogP contribution in [0, 0.1) is 5.92 Å². The Kier molecular flexibility index (Phi) is 5.92. The summed E-state index contributed by atoms with van der Waals surface area (Å²) in [5.74, 6) is 0.613. The molecule has 0 bridgehead atoms. The van der Waals surface area contributed by atoms with Gasteiger partial charge in [-0.15, -0.1) is 0 Å². The summed E-state index contributed by atoms with van der Waals surface area (Å²) in [6.45, 7) is 8.75. The van der Waals surface area contributed by atoms with E-state index in [-0.39, 0.29) is 18.2 Å². The zero-order valence-corrected chi connectivity index (χ0v) is 15.0. The van der Waals surface area contributed by atoms with E-state index in [1.54, 1.807) is 0 Å². The number of aliphatic hydroxyl groups excluding tert-OH is 2. The first kappa shape index (κ1) is 17.9. The van der Waals surface area contributed by atoms with Crippen LogP contribution in [0.5, 0.6) is 0 Å². The Morgan fingerprint density at radius 2 is 1.96 bits per heavy atom. The lowest BCUT2D eigenvalue weighted by molar-refractivity contribution is -0.0357. The van der Waals surface area contributed by atoms with Gasteiger partial charge < -0.3 is 10.2 Å². The Morgan fingerprint density at radius 3 is 2.62 bits per heavy atom. The lowest BCUT2D eigenvalue weighted by Gasteiger charge is -2.43. The molecule has 0 spiro atoms. The first-order valence-corrected chi connectivity index (χ1v) is 9.37. The van der Waals surface area contributed by atoms with Crippen LogP contribution >= 0.6 is 0 Å². The van der Waals surface area contributed by atoms with Crippen LogP contribution < -0.4 is 0 Å². The second kappa shape index (κ2) is 7.95. The zero-order chi connectivity index (χ0) is 17.1. The Balaban J connectivity index is 1.49. The standard InChI is InChI=1S/C18H32N4O2/c1-13(2)9-14-10-15(20-19-14)11-21-6-5-17(18(24)12-21)22-7-3-16(23)4-8-22/h10,13,16-18,23-24H,3-9,11-12H2,1-2H3,(H,19,20)/t17-,18-/m1/s1. The molecule has 2 saturated heterocycles. The summed E-state index contributed by atoms with van der Waals surface area (Å²) in [5.41, 5.74) is 2.26. The fraction of sp³-hybridized carbons (Fsp3) is 0.833. The summed E-state index contributed by atoms with van der Waals surface area (Å²) in [6.07, 6.45) is 3.19. The lowest BCUT2D eigenvalue weighted by Crippen LogP contribution is -2.55. The van der Waals surface area contributed by atoms with Gasteiger partial charge >= 0.3 is 0 Å². The topological polar surface area (TPSA) is 75.6 Å². The van der Waals surface area contributed by atoms with Crippen molar-refractivity contribution < 1.29 is 10.2 Å². The second-order valence-electron chi connectivity index (χ2n) is 7.91. The van der Waals surface area contributed by atoms with E-state index in [0.29, 0.717) is 12.5 Å². The van der Waals surface area contributed by atoms with Gasteiger partial charge in [0.25, 0.3) is 0 Å². The van der Waals surface area contributed by atoms with Crippen molar-refractivity contribution >= 4 is 0 Å². The van der Waals surface area contributed by atoms with Crippen LogP contribution in [0.3, 0.4) is 0 Å². The molecule has 6 nitrogen and oxygen atoms in total. The molecule has 0 aliphatic carbocycles. The normalized spacial score (nSPS) is 27.9. The highest BCUT2D eigenvalue weighted by Gasteiger charge is 2.33. The molecule has 3 rings (SSSR count). The van der Waals surface area contributed by atoms with Crippen LogP contribution in [0.25, 0.3) is 0 Å². The van der Waals surface area contributed by atoms with Gasteiger partial charge in [0.05, 0.1) is 17.9 Å². The van der Waals surface area contributed by atoms with Gasteiger partial charge in [0.2, 0.25) is 0 Å². The molecule has 24 heavy (non-hydrogen) atoms. The molecule has 0 aromatic carbocycles. The first-order valence-electron chi connectivity index (χ1n) is 9.37. The number of H-pyrrole nitrogens is 1. The molecule has 0 amide bonds. The number of nitrogens with one attached hydrogen (secondary N) is 1. The number of nitrogens with zero attached hydrogens (tertiary/aromatic N) is 3. The number of hydrogen-bond acceptors (Lipinski definition) is 5. The summed E-state index contributed by atoms with van der Waals surface area (Å²) in [6, 6.07) is 2.40. The Labute approximate surface area is 144 Å². The van der Waals surface area contributed by atoms with Crippen molar-refractivity contribution in [3.63, 3.8) is 0 Å². The Hall–Kier alpha value is -0.950. The molecular formula is C18H32N4O2. The van der Waals surface area contributed by atoms with E-state index in [9.17, 15) is 10.2 Å². The summed E-state index contributed by atoms with van der Waals surface area (Å²) in [4.78, 5) is 4.68. The third kappa shape index (κ3) is 4.57.